The number of unbranched alkanes of at least 4 members (excludes halogenated alkanes) is 24. The lowest BCUT2D eigenvalue weighted by molar-refractivity contribution is -0.161. The molecule has 0 aliphatic heterocycles. The van der Waals surface area contributed by atoms with Gasteiger partial charge >= 0.3 is 19.8 Å². The summed E-state index contributed by atoms with van der Waals surface area (Å²) in [4.78, 5) is 35.0. The van der Waals surface area contributed by atoms with Crippen LogP contribution in [-0.2, 0) is 32.7 Å². The number of allylic oxidation sites excluding steroid dienone is 4. The van der Waals surface area contributed by atoms with Crippen LogP contribution in [0.1, 0.15) is 206 Å². The highest BCUT2D eigenvalue weighted by Crippen LogP contribution is 2.43. The summed E-state index contributed by atoms with van der Waals surface area (Å²) in [6.45, 7) is 2.36. The maximum Gasteiger partial charge on any atom is 0.472 e. The van der Waals surface area contributed by atoms with Gasteiger partial charge in [0.2, 0.25) is 0 Å². The lowest BCUT2D eigenvalue weighted by Gasteiger charge is -2.20. The van der Waals surface area contributed by atoms with Crippen LogP contribution in [0.4, 0.5) is 0 Å². The van der Waals surface area contributed by atoms with Gasteiger partial charge in [-0.2, -0.15) is 0 Å². The van der Waals surface area contributed by atoms with Gasteiger partial charge in [0.15, 0.2) is 6.10 Å². The van der Waals surface area contributed by atoms with Gasteiger partial charge in [-0.3, -0.25) is 18.6 Å². The van der Waals surface area contributed by atoms with Crippen LogP contribution >= 0.6 is 7.82 Å². The minimum absolute atomic E-state index is 0.181. The minimum Gasteiger partial charge on any atom is -0.462 e. The highest BCUT2D eigenvalue weighted by molar-refractivity contribution is 7.47. The maximum atomic E-state index is 12.6. The normalized spacial score (nSPS) is 14.1. The Kier molecular flexibility index (Phi) is 39.5. The fourth-order valence-electron chi connectivity index (χ4n) is 6.10. The van der Waals surface area contributed by atoms with Crippen LogP contribution in [0, 0.1) is 0 Å². The molecule has 0 heterocycles. The zero-order valence-corrected chi connectivity index (χ0v) is 36.0. The van der Waals surface area contributed by atoms with E-state index < -0.39 is 51.8 Å². The molecule has 0 rings (SSSR count). The molecule has 0 radical (unpaired) electrons. The lowest BCUT2D eigenvalue weighted by Crippen LogP contribution is -2.29. The van der Waals surface area contributed by atoms with E-state index >= 15 is 0 Å². The Hall–Kier alpha value is -1.55. The van der Waals surface area contributed by atoms with Gasteiger partial charge in [0, 0.05) is 12.8 Å². The van der Waals surface area contributed by atoms with Crippen molar-refractivity contribution >= 4 is 19.8 Å². The molecule has 0 saturated carbocycles. The third kappa shape index (κ3) is 40.4. The molecular weight excluding hydrogens is 719 g/mol. The van der Waals surface area contributed by atoms with E-state index in [9.17, 15) is 24.2 Å². The number of aliphatic hydroxyl groups is 2. The standard InChI is InChI=1S/C44H83O10P/c1-3-5-7-9-11-13-15-17-18-19-20-21-22-24-26-28-30-32-34-36-44(48)54-42(40-53-55(49,50)52-38-41(46)37-45)39-51-43(47)35-33-31-29-27-25-23-16-14-12-10-8-6-4-2/h17-18,23,25,41-42,45-46H,3-16,19-22,24,26-40H2,1-2H3,(H,49,50)/b18-17+,25-23+/t41-,42+/m0/s1. The Morgan fingerprint density at radius 1 is 0.527 bits per heavy atom. The second-order valence-electron chi connectivity index (χ2n) is 15.1. The minimum atomic E-state index is -4.62. The summed E-state index contributed by atoms with van der Waals surface area (Å²) >= 11 is 0. The van der Waals surface area contributed by atoms with Crippen LogP contribution in [0.5, 0.6) is 0 Å². The van der Waals surface area contributed by atoms with Crippen LogP contribution < -0.4 is 0 Å². The number of phosphoric ester groups is 1. The predicted octanol–water partition coefficient (Wildman–Crippen LogP) is 11.8. The molecule has 3 N–H and O–H groups in total. The number of ether oxygens (including phenoxy) is 2. The Labute approximate surface area is 336 Å². The SMILES string of the molecule is CCCCCCCC/C=C/CCCCCCCCCCCC(=O)O[C@H](COC(=O)CCCCC/C=C/CCCCCCCC)COP(=O)(O)OC[C@@H](O)CO. The number of rotatable bonds is 42. The van der Waals surface area contributed by atoms with Crippen LogP contribution in [0.3, 0.4) is 0 Å². The summed E-state index contributed by atoms with van der Waals surface area (Å²) < 4.78 is 32.7. The van der Waals surface area contributed by atoms with Crippen molar-refractivity contribution in [1.29, 1.82) is 0 Å². The average molecular weight is 803 g/mol. The van der Waals surface area contributed by atoms with Gasteiger partial charge in [-0.1, -0.05) is 154 Å². The van der Waals surface area contributed by atoms with Crippen molar-refractivity contribution in [2.75, 3.05) is 26.4 Å². The van der Waals surface area contributed by atoms with E-state index in [0.717, 1.165) is 44.9 Å². The second-order valence-corrected chi connectivity index (χ2v) is 16.5. The van der Waals surface area contributed by atoms with Crippen LogP contribution in [-0.4, -0.2) is 65.7 Å². The molecule has 324 valence electrons. The van der Waals surface area contributed by atoms with Gasteiger partial charge < -0.3 is 24.6 Å². The third-order valence-electron chi connectivity index (χ3n) is 9.58. The Morgan fingerprint density at radius 2 is 0.891 bits per heavy atom. The van der Waals surface area contributed by atoms with Crippen molar-refractivity contribution in [1.82, 2.24) is 0 Å². The van der Waals surface area contributed by atoms with E-state index in [2.05, 4.69) is 42.7 Å². The molecule has 0 bridgehead atoms. The topological polar surface area (TPSA) is 149 Å². The molecule has 0 aromatic rings. The van der Waals surface area contributed by atoms with Crippen molar-refractivity contribution in [2.24, 2.45) is 0 Å². The van der Waals surface area contributed by atoms with Crippen molar-refractivity contribution < 1.29 is 47.8 Å². The number of esters is 2. The molecule has 0 fully saturated rings. The van der Waals surface area contributed by atoms with Gasteiger partial charge in [0.25, 0.3) is 0 Å². The molecule has 11 heteroatoms. The van der Waals surface area contributed by atoms with Crippen molar-refractivity contribution in [3.8, 4) is 0 Å². The smallest absolute Gasteiger partial charge is 0.462 e. The summed E-state index contributed by atoms with van der Waals surface area (Å²) in [6.07, 6.45) is 40.0. The first-order valence-corrected chi connectivity index (χ1v) is 23.8. The number of phosphoric acid groups is 1. The van der Waals surface area contributed by atoms with E-state index in [1.54, 1.807) is 0 Å². The highest BCUT2D eigenvalue weighted by atomic mass is 31.2. The van der Waals surface area contributed by atoms with E-state index in [4.69, 9.17) is 19.1 Å². The van der Waals surface area contributed by atoms with E-state index in [1.165, 1.54) is 122 Å². The molecule has 1 unspecified atom stereocenters. The first-order valence-electron chi connectivity index (χ1n) is 22.3. The fraction of sp³-hybridized carbons (Fsp3) is 0.864. The zero-order chi connectivity index (χ0) is 40.5. The van der Waals surface area contributed by atoms with Gasteiger partial charge in [-0.15, -0.1) is 0 Å². The highest BCUT2D eigenvalue weighted by Gasteiger charge is 2.27. The van der Waals surface area contributed by atoms with Gasteiger partial charge in [-0.25, -0.2) is 4.57 Å². The molecule has 0 aliphatic carbocycles. The number of carbonyl (C=O) groups is 2. The number of hydrogen-bond donors (Lipinski definition) is 3. The summed E-state index contributed by atoms with van der Waals surface area (Å²) in [6, 6.07) is 0. The monoisotopic (exact) mass is 803 g/mol. The van der Waals surface area contributed by atoms with Crippen molar-refractivity contribution in [3.63, 3.8) is 0 Å². The van der Waals surface area contributed by atoms with Crippen molar-refractivity contribution in [3.05, 3.63) is 24.3 Å². The number of aliphatic hydroxyl groups excluding tert-OH is 2. The third-order valence-corrected chi connectivity index (χ3v) is 10.5. The van der Waals surface area contributed by atoms with Crippen LogP contribution in [0.15, 0.2) is 24.3 Å². The van der Waals surface area contributed by atoms with E-state index in [1.807, 2.05) is 0 Å². The van der Waals surface area contributed by atoms with Crippen molar-refractivity contribution in [2.45, 2.75) is 219 Å². The van der Waals surface area contributed by atoms with Crippen LogP contribution in [0.2, 0.25) is 0 Å². The molecule has 0 aliphatic rings. The molecule has 0 amide bonds. The first kappa shape index (κ1) is 53.5. The van der Waals surface area contributed by atoms with E-state index in [0.29, 0.717) is 12.8 Å². The number of carbonyl (C=O) groups excluding carboxylic acids is 2. The lowest BCUT2D eigenvalue weighted by atomic mass is 10.1. The molecule has 0 aromatic heterocycles. The maximum absolute atomic E-state index is 12.6. The quantitative estimate of drug-likeness (QED) is 0.0236. The molecule has 55 heavy (non-hydrogen) atoms. The molecule has 3 atom stereocenters. The summed E-state index contributed by atoms with van der Waals surface area (Å²) in [5.41, 5.74) is 0. The van der Waals surface area contributed by atoms with E-state index in [-0.39, 0.29) is 19.4 Å². The second kappa shape index (κ2) is 40.6. The first-order chi connectivity index (χ1) is 26.7. The van der Waals surface area contributed by atoms with Gasteiger partial charge in [0.1, 0.15) is 12.7 Å². The summed E-state index contributed by atoms with van der Waals surface area (Å²) in [5, 5.41) is 18.3. The zero-order valence-electron chi connectivity index (χ0n) is 35.2. The molecular formula is C44H83O10P. The Bertz CT molecular complexity index is 972. The number of hydrogen-bond acceptors (Lipinski definition) is 9. The largest absolute Gasteiger partial charge is 0.472 e. The van der Waals surface area contributed by atoms with Gasteiger partial charge in [0.05, 0.1) is 19.8 Å². The summed E-state index contributed by atoms with van der Waals surface area (Å²) in [7, 11) is -4.62. The summed E-state index contributed by atoms with van der Waals surface area (Å²) in [5.74, 6) is -0.940. The Morgan fingerprint density at radius 3 is 1.33 bits per heavy atom. The Balaban J connectivity index is 4.26. The molecule has 0 spiro atoms. The molecule has 0 saturated heterocycles. The molecule has 10 nitrogen and oxygen atoms in total. The fourth-order valence-corrected chi connectivity index (χ4v) is 6.89. The van der Waals surface area contributed by atoms with Gasteiger partial charge in [-0.05, 0) is 64.2 Å². The predicted molar refractivity (Wildman–Crippen MR) is 224 cm³/mol. The van der Waals surface area contributed by atoms with Crippen LogP contribution in [0.25, 0.3) is 0 Å². The average Bonchev–Trinajstić information content (AvgIpc) is 3.17. The molecule has 0 aromatic carbocycles.